The van der Waals surface area contributed by atoms with Gasteiger partial charge in [0, 0.05) is 23.6 Å². The number of hydrogen-bond donors (Lipinski definition) is 1. The van der Waals surface area contributed by atoms with Crippen LogP contribution in [0.2, 0.25) is 0 Å². The first kappa shape index (κ1) is 8.81. The minimum absolute atomic E-state index is 0.0308. The second-order valence-corrected chi connectivity index (χ2v) is 3.10. The molecule has 0 fully saturated rings. The van der Waals surface area contributed by atoms with Crippen molar-refractivity contribution in [2.24, 2.45) is 0 Å². The van der Waals surface area contributed by atoms with Gasteiger partial charge < -0.3 is 9.84 Å². The van der Waals surface area contributed by atoms with Gasteiger partial charge in [0.2, 0.25) is 5.88 Å². The highest BCUT2D eigenvalue weighted by atomic mass is 16.5. The van der Waals surface area contributed by atoms with Crippen LogP contribution in [0.5, 0.6) is 11.6 Å². The fourth-order valence-corrected chi connectivity index (χ4v) is 1.41. The lowest BCUT2D eigenvalue weighted by Crippen LogP contribution is -1.87. The van der Waals surface area contributed by atoms with E-state index >= 15 is 0 Å². The van der Waals surface area contributed by atoms with E-state index in [1.807, 2.05) is 13.0 Å². The largest absolute Gasteiger partial charge is 0.496 e. The van der Waals surface area contributed by atoms with Gasteiger partial charge in [-0.05, 0) is 18.6 Å². The summed E-state index contributed by atoms with van der Waals surface area (Å²) in [4.78, 5) is 4.00. The minimum atomic E-state index is 0.0308. The molecule has 0 unspecified atom stereocenters. The fraction of sp³-hybridized carbons (Fsp3) is 0.182. The lowest BCUT2D eigenvalue weighted by atomic mass is 10.1. The maximum absolute atomic E-state index is 9.31. The summed E-state index contributed by atoms with van der Waals surface area (Å²) in [5.41, 5.74) is 1.70. The number of benzene rings is 1. The van der Waals surface area contributed by atoms with E-state index in [4.69, 9.17) is 4.74 Å². The molecule has 1 N–H and O–H groups in total. The van der Waals surface area contributed by atoms with Gasteiger partial charge in [-0.15, -0.1) is 0 Å². The second-order valence-electron chi connectivity index (χ2n) is 3.10. The van der Waals surface area contributed by atoms with E-state index in [0.29, 0.717) is 5.75 Å². The molecule has 14 heavy (non-hydrogen) atoms. The summed E-state index contributed by atoms with van der Waals surface area (Å²) < 4.78 is 5.02. The molecule has 0 aliphatic heterocycles. The van der Waals surface area contributed by atoms with Crippen molar-refractivity contribution >= 4 is 10.9 Å². The predicted octanol–water partition coefficient (Wildman–Crippen LogP) is 2.06. The standard InChI is InChI=1S/C11H10NO2/c1-7-5-11(13)12-10-6-8(14-2)3-4-9(7)10/h4-6H,1-2H3,(H,12,13). The van der Waals surface area contributed by atoms with Crippen LogP contribution in [0.4, 0.5) is 0 Å². The van der Waals surface area contributed by atoms with Crippen molar-refractivity contribution in [3.8, 4) is 11.6 Å². The van der Waals surface area contributed by atoms with Gasteiger partial charge in [0.1, 0.15) is 5.75 Å². The Morgan fingerprint density at radius 3 is 2.93 bits per heavy atom. The van der Waals surface area contributed by atoms with Gasteiger partial charge >= 0.3 is 0 Å². The lowest BCUT2D eigenvalue weighted by Gasteiger charge is -2.04. The Morgan fingerprint density at radius 1 is 1.43 bits per heavy atom. The van der Waals surface area contributed by atoms with Crippen molar-refractivity contribution in [2.45, 2.75) is 6.92 Å². The summed E-state index contributed by atoms with van der Waals surface area (Å²) in [6.45, 7) is 1.92. The Bertz CT molecular complexity index is 480. The van der Waals surface area contributed by atoms with E-state index in [0.717, 1.165) is 16.5 Å². The average Bonchev–Trinajstić information content (AvgIpc) is 2.16. The molecule has 0 atom stereocenters. The summed E-state index contributed by atoms with van der Waals surface area (Å²) >= 11 is 0. The van der Waals surface area contributed by atoms with Gasteiger partial charge in [0.25, 0.3) is 0 Å². The molecular weight excluding hydrogens is 178 g/mol. The molecular formula is C11H10NO2. The number of nitrogens with zero attached hydrogens (tertiary/aromatic N) is 1. The molecule has 3 nitrogen and oxygen atoms in total. The van der Waals surface area contributed by atoms with Gasteiger partial charge in [-0.3, -0.25) is 0 Å². The molecule has 2 rings (SSSR count). The normalized spacial score (nSPS) is 10.4. The number of aromatic hydroxyl groups is 1. The number of methoxy groups -OCH3 is 1. The van der Waals surface area contributed by atoms with E-state index in [1.165, 1.54) is 0 Å². The van der Waals surface area contributed by atoms with Gasteiger partial charge in [-0.1, -0.05) is 0 Å². The third-order valence-electron chi connectivity index (χ3n) is 2.13. The summed E-state index contributed by atoms with van der Waals surface area (Å²) in [6, 6.07) is 8.17. The minimum Gasteiger partial charge on any atom is -0.496 e. The highest BCUT2D eigenvalue weighted by Crippen LogP contribution is 2.23. The smallest absolute Gasteiger partial charge is 0.211 e. The Hall–Kier alpha value is -1.77. The third-order valence-corrected chi connectivity index (χ3v) is 2.13. The van der Waals surface area contributed by atoms with Crippen LogP contribution in [-0.2, 0) is 0 Å². The van der Waals surface area contributed by atoms with Crippen LogP contribution in [0.3, 0.4) is 0 Å². The van der Waals surface area contributed by atoms with Gasteiger partial charge in [-0.2, -0.15) is 0 Å². The van der Waals surface area contributed by atoms with Crippen LogP contribution in [0.15, 0.2) is 18.2 Å². The molecule has 3 heteroatoms. The molecule has 2 aromatic rings. The monoisotopic (exact) mass is 188 g/mol. The van der Waals surface area contributed by atoms with Crippen molar-refractivity contribution in [1.29, 1.82) is 0 Å². The van der Waals surface area contributed by atoms with E-state index in [2.05, 4.69) is 11.1 Å². The van der Waals surface area contributed by atoms with Crippen LogP contribution >= 0.6 is 0 Å². The molecule has 0 aliphatic carbocycles. The van der Waals surface area contributed by atoms with Gasteiger partial charge in [0.05, 0.1) is 12.6 Å². The predicted molar refractivity (Wildman–Crippen MR) is 53.5 cm³/mol. The lowest BCUT2D eigenvalue weighted by molar-refractivity contribution is 0.414. The Balaban J connectivity index is 2.75. The number of fused-ring (bicyclic) bond motifs is 1. The molecule has 0 aliphatic rings. The van der Waals surface area contributed by atoms with Crippen molar-refractivity contribution in [2.75, 3.05) is 7.11 Å². The second kappa shape index (κ2) is 3.18. The van der Waals surface area contributed by atoms with E-state index in [9.17, 15) is 5.11 Å². The number of ether oxygens (including phenoxy) is 1. The van der Waals surface area contributed by atoms with Gasteiger partial charge in [0.15, 0.2) is 0 Å². The average molecular weight is 188 g/mol. The number of pyridine rings is 1. The number of rotatable bonds is 1. The quantitative estimate of drug-likeness (QED) is 0.744. The number of hydrogen-bond acceptors (Lipinski definition) is 3. The maximum Gasteiger partial charge on any atom is 0.211 e. The van der Waals surface area contributed by atoms with E-state index < -0.39 is 0 Å². The molecule has 1 heterocycles. The fourth-order valence-electron chi connectivity index (χ4n) is 1.41. The first-order valence-corrected chi connectivity index (χ1v) is 4.27. The highest BCUT2D eigenvalue weighted by molar-refractivity contribution is 5.83. The summed E-state index contributed by atoms with van der Waals surface area (Å²) in [7, 11) is 1.58. The maximum atomic E-state index is 9.31. The van der Waals surface area contributed by atoms with Crippen LogP contribution in [0.1, 0.15) is 5.56 Å². The van der Waals surface area contributed by atoms with E-state index in [1.54, 1.807) is 19.2 Å². The van der Waals surface area contributed by atoms with Gasteiger partial charge in [-0.25, -0.2) is 4.98 Å². The van der Waals surface area contributed by atoms with Crippen LogP contribution < -0.4 is 4.74 Å². The zero-order valence-corrected chi connectivity index (χ0v) is 8.03. The van der Waals surface area contributed by atoms with Crippen molar-refractivity contribution in [3.63, 3.8) is 0 Å². The topological polar surface area (TPSA) is 42.4 Å². The highest BCUT2D eigenvalue weighted by Gasteiger charge is 2.03. The van der Waals surface area contributed by atoms with Crippen molar-refractivity contribution < 1.29 is 9.84 Å². The zero-order valence-electron chi connectivity index (χ0n) is 8.03. The third kappa shape index (κ3) is 1.37. The summed E-state index contributed by atoms with van der Waals surface area (Å²) in [5.74, 6) is 0.651. The molecule has 1 aromatic carbocycles. The number of aryl methyl sites for hydroxylation is 1. The first-order chi connectivity index (χ1) is 6.70. The Kier molecular flexibility index (Phi) is 2.00. The number of aromatic nitrogens is 1. The van der Waals surface area contributed by atoms with Crippen LogP contribution in [0.25, 0.3) is 10.9 Å². The first-order valence-electron chi connectivity index (χ1n) is 4.27. The van der Waals surface area contributed by atoms with Crippen molar-refractivity contribution in [3.05, 3.63) is 29.8 Å². The molecule has 1 aromatic heterocycles. The molecule has 0 spiro atoms. The zero-order chi connectivity index (χ0) is 10.1. The molecule has 0 amide bonds. The van der Waals surface area contributed by atoms with E-state index in [-0.39, 0.29) is 5.88 Å². The Morgan fingerprint density at radius 2 is 2.21 bits per heavy atom. The SMILES string of the molecule is COc1[c]cc2c(C)cc(O)nc2c1. The molecule has 1 radical (unpaired) electrons. The van der Waals surface area contributed by atoms with Crippen LogP contribution in [0, 0.1) is 13.0 Å². The molecule has 0 saturated heterocycles. The van der Waals surface area contributed by atoms with Crippen LogP contribution in [-0.4, -0.2) is 17.2 Å². The molecule has 71 valence electrons. The summed E-state index contributed by atoms with van der Waals surface area (Å²) in [5, 5.41) is 10.3. The molecule has 0 saturated carbocycles. The van der Waals surface area contributed by atoms with Crippen molar-refractivity contribution in [1.82, 2.24) is 4.98 Å². The molecule has 0 bridgehead atoms. The summed E-state index contributed by atoms with van der Waals surface area (Å²) in [6.07, 6.45) is 0. The Labute approximate surface area is 82.0 Å².